The maximum Gasteiger partial charge on any atom is 0.293 e. The van der Waals surface area contributed by atoms with Crippen LogP contribution in [0.5, 0.6) is 11.5 Å². The van der Waals surface area contributed by atoms with Crippen LogP contribution in [0.3, 0.4) is 0 Å². The van der Waals surface area contributed by atoms with Crippen LogP contribution >= 0.6 is 35.0 Å². The lowest BCUT2D eigenvalue weighted by Crippen LogP contribution is -2.27. The monoisotopic (exact) mass is 513 g/mol. The summed E-state index contributed by atoms with van der Waals surface area (Å²) < 4.78 is 11.7. The van der Waals surface area contributed by atoms with E-state index < -0.39 is 0 Å². The number of halogens is 2. The molecule has 34 heavy (non-hydrogen) atoms. The largest absolute Gasteiger partial charge is 0.490 e. The van der Waals surface area contributed by atoms with Gasteiger partial charge >= 0.3 is 0 Å². The van der Waals surface area contributed by atoms with Gasteiger partial charge in [-0.3, -0.25) is 14.5 Å². The van der Waals surface area contributed by atoms with E-state index in [1.807, 2.05) is 43.3 Å². The summed E-state index contributed by atoms with van der Waals surface area (Å²) in [7, 11) is 0. The van der Waals surface area contributed by atoms with Crippen molar-refractivity contribution >= 4 is 52.2 Å². The fourth-order valence-electron chi connectivity index (χ4n) is 3.35. The SMILES string of the molecule is CCOc1cc(/C=C2/SC(=O)N(Cc3ccc(Cl)c(Cl)c3)C2=O)ccc1OCc1ccccc1. The standard InChI is InChI=1S/C26H21Cl2NO4S/c1-2-32-23-13-18(9-11-22(23)33-16-17-6-4-3-5-7-17)14-24-25(30)29(26(31)34-24)15-19-8-10-20(27)21(28)12-19/h3-14H,2,15-16H2,1H3/b24-14+. The Morgan fingerprint density at radius 1 is 0.882 bits per heavy atom. The Kier molecular flexibility index (Phi) is 7.83. The van der Waals surface area contributed by atoms with Gasteiger partial charge in [0.1, 0.15) is 6.61 Å². The molecule has 2 amide bonds. The number of amides is 2. The van der Waals surface area contributed by atoms with Gasteiger partial charge in [0.25, 0.3) is 11.1 Å². The molecule has 174 valence electrons. The van der Waals surface area contributed by atoms with Crippen molar-refractivity contribution in [2.45, 2.75) is 20.1 Å². The Bertz CT molecular complexity index is 1250. The van der Waals surface area contributed by atoms with Crippen LogP contribution in [0.15, 0.2) is 71.6 Å². The number of hydrogen-bond donors (Lipinski definition) is 0. The topological polar surface area (TPSA) is 55.8 Å². The molecule has 1 saturated heterocycles. The third-order valence-electron chi connectivity index (χ3n) is 5.00. The average Bonchev–Trinajstić information content (AvgIpc) is 3.09. The molecular weight excluding hydrogens is 493 g/mol. The highest BCUT2D eigenvalue weighted by atomic mass is 35.5. The third kappa shape index (κ3) is 5.76. The molecular formula is C26H21Cl2NO4S. The van der Waals surface area contributed by atoms with Gasteiger partial charge in [-0.15, -0.1) is 0 Å². The Balaban J connectivity index is 1.51. The van der Waals surface area contributed by atoms with E-state index in [9.17, 15) is 9.59 Å². The number of benzene rings is 3. The molecule has 0 radical (unpaired) electrons. The highest BCUT2D eigenvalue weighted by molar-refractivity contribution is 8.18. The van der Waals surface area contributed by atoms with E-state index >= 15 is 0 Å². The summed E-state index contributed by atoms with van der Waals surface area (Å²) >= 11 is 12.9. The van der Waals surface area contributed by atoms with E-state index in [0.717, 1.165) is 28.5 Å². The molecule has 1 heterocycles. The van der Waals surface area contributed by atoms with Gasteiger partial charge in [-0.1, -0.05) is 65.7 Å². The number of thioether (sulfide) groups is 1. The first-order valence-electron chi connectivity index (χ1n) is 10.6. The molecule has 1 aliphatic rings. The maximum atomic E-state index is 12.9. The molecule has 0 bridgehead atoms. The summed E-state index contributed by atoms with van der Waals surface area (Å²) in [6.07, 6.45) is 1.68. The molecule has 0 unspecified atom stereocenters. The lowest BCUT2D eigenvalue weighted by Gasteiger charge is -2.13. The third-order valence-corrected chi connectivity index (χ3v) is 6.65. The molecule has 3 aromatic rings. The lowest BCUT2D eigenvalue weighted by molar-refractivity contribution is -0.123. The average molecular weight is 514 g/mol. The molecule has 1 aliphatic heterocycles. The minimum Gasteiger partial charge on any atom is -0.490 e. The van der Waals surface area contributed by atoms with Gasteiger partial charge in [0.2, 0.25) is 0 Å². The van der Waals surface area contributed by atoms with Crippen molar-refractivity contribution in [1.29, 1.82) is 0 Å². The molecule has 3 aromatic carbocycles. The van der Waals surface area contributed by atoms with E-state index in [-0.39, 0.29) is 17.7 Å². The zero-order valence-electron chi connectivity index (χ0n) is 18.3. The number of ether oxygens (including phenoxy) is 2. The van der Waals surface area contributed by atoms with Gasteiger partial charge in [0.05, 0.1) is 28.1 Å². The maximum absolute atomic E-state index is 12.9. The van der Waals surface area contributed by atoms with Crippen molar-refractivity contribution in [3.05, 3.63) is 98.4 Å². The highest BCUT2D eigenvalue weighted by Gasteiger charge is 2.35. The molecule has 0 atom stereocenters. The van der Waals surface area contributed by atoms with Crippen molar-refractivity contribution in [2.24, 2.45) is 0 Å². The first-order chi connectivity index (χ1) is 16.4. The van der Waals surface area contributed by atoms with Gasteiger partial charge in [-0.05, 0) is 65.7 Å². The van der Waals surface area contributed by atoms with Gasteiger partial charge in [-0.25, -0.2) is 0 Å². The van der Waals surface area contributed by atoms with Crippen molar-refractivity contribution < 1.29 is 19.1 Å². The smallest absolute Gasteiger partial charge is 0.293 e. The quantitative estimate of drug-likeness (QED) is 0.298. The summed E-state index contributed by atoms with van der Waals surface area (Å²) in [5.41, 5.74) is 2.50. The molecule has 0 saturated carbocycles. The number of nitrogens with zero attached hydrogens (tertiary/aromatic N) is 1. The molecule has 0 N–H and O–H groups in total. The fraction of sp³-hybridized carbons (Fsp3) is 0.154. The second-order valence-corrected chi connectivity index (χ2v) is 9.24. The first-order valence-corrected chi connectivity index (χ1v) is 12.1. The van der Waals surface area contributed by atoms with E-state index in [1.165, 1.54) is 4.90 Å². The van der Waals surface area contributed by atoms with Crippen molar-refractivity contribution in [1.82, 2.24) is 4.90 Å². The van der Waals surface area contributed by atoms with E-state index in [2.05, 4.69) is 0 Å². The fourth-order valence-corrected chi connectivity index (χ4v) is 4.50. The second kappa shape index (κ2) is 11.0. The summed E-state index contributed by atoms with van der Waals surface area (Å²) in [4.78, 5) is 27.0. The van der Waals surface area contributed by atoms with Crippen LogP contribution in [0.1, 0.15) is 23.6 Å². The van der Waals surface area contributed by atoms with Gasteiger partial charge in [-0.2, -0.15) is 0 Å². The minimum atomic E-state index is -0.358. The second-order valence-electron chi connectivity index (χ2n) is 7.43. The zero-order valence-corrected chi connectivity index (χ0v) is 20.6. The zero-order chi connectivity index (χ0) is 24.1. The van der Waals surface area contributed by atoms with Crippen LogP contribution in [0.2, 0.25) is 10.0 Å². The Labute approximate surface area is 212 Å². The highest BCUT2D eigenvalue weighted by Crippen LogP contribution is 2.36. The molecule has 5 nitrogen and oxygen atoms in total. The Hall–Kier alpha value is -2.93. The van der Waals surface area contributed by atoms with E-state index in [1.54, 1.807) is 36.4 Å². The Morgan fingerprint density at radius 2 is 1.68 bits per heavy atom. The first kappa shape index (κ1) is 24.2. The predicted molar refractivity (Wildman–Crippen MR) is 136 cm³/mol. The number of hydrogen-bond acceptors (Lipinski definition) is 5. The van der Waals surface area contributed by atoms with Crippen LogP contribution < -0.4 is 9.47 Å². The molecule has 8 heteroatoms. The van der Waals surface area contributed by atoms with Crippen molar-refractivity contribution in [2.75, 3.05) is 6.61 Å². The number of rotatable bonds is 8. The normalized spacial score (nSPS) is 14.7. The van der Waals surface area contributed by atoms with Crippen LogP contribution in [-0.2, 0) is 17.9 Å². The number of imide groups is 1. The number of carbonyl (C=O) groups is 2. The molecule has 0 spiro atoms. The van der Waals surface area contributed by atoms with Crippen molar-refractivity contribution in [3.63, 3.8) is 0 Å². The van der Waals surface area contributed by atoms with Crippen molar-refractivity contribution in [3.8, 4) is 11.5 Å². The lowest BCUT2D eigenvalue weighted by atomic mass is 10.1. The molecule has 0 aliphatic carbocycles. The predicted octanol–water partition coefficient (Wildman–Crippen LogP) is 7.21. The van der Waals surface area contributed by atoms with Crippen LogP contribution in [-0.4, -0.2) is 22.7 Å². The van der Waals surface area contributed by atoms with E-state index in [4.69, 9.17) is 32.7 Å². The van der Waals surface area contributed by atoms with Gasteiger partial charge in [0.15, 0.2) is 11.5 Å². The van der Waals surface area contributed by atoms with Crippen LogP contribution in [0.25, 0.3) is 6.08 Å². The molecule has 1 fully saturated rings. The molecule has 0 aromatic heterocycles. The van der Waals surface area contributed by atoms with Gasteiger partial charge in [0, 0.05) is 0 Å². The van der Waals surface area contributed by atoms with E-state index in [0.29, 0.717) is 39.7 Å². The van der Waals surface area contributed by atoms with Crippen LogP contribution in [0, 0.1) is 0 Å². The Morgan fingerprint density at radius 3 is 2.41 bits per heavy atom. The minimum absolute atomic E-state index is 0.120. The van der Waals surface area contributed by atoms with Crippen LogP contribution in [0.4, 0.5) is 4.79 Å². The summed E-state index contributed by atoms with van der Waals surface area (Å²) in [5, 5.41) is 0.454. The summed E-state index contributed by atoms with van der Waals surface area (Å²) in [6.45, 7) is 2.89. The van der Waals surface area contributed by atoms with Gasteiger partial charge < -0.3 is 9.47 Å². The molecule has 4 rings (SSSR count). The summed E-state index contributed by atoms with van der Waals surface area (Å²) in [5.74, 6) is 0.821. The number of carbonyl (C=O) groups excluding carboxylic acids is 2. The summed E-state index contributed by atoms with van der Waals surface area (Å²) in [6, 6.07) is 20.3.